The monoisotopic (exact) mass is 1660 g/mol. The van der Waals surface area contributed by atoms with E-state index in [1.165, 1.54) is 0 Å². The van der Waals surface area contributed by atoms with Crippen molar-refractivity contribution < 1.29 is 107 Å². The van der Waals surface area contributed by atoms with Gasteiger partial charge in [0.1, 0.15) is 36.3 Å². The predicted molar refractivity (Wildman–Crippen MR) is 431 cm³/mol. The first kappa shape index (κ1) is 89.6. The van der Waals surface area contributed by atoms with Crippen LogP contribution in [0.2, 0.25) is 0 Å². The molecular formula is C81H93N15O22S. The van der Waals surface area contributed by atoms with Crippen LogP contribution < -0.4 is 63.6 Å². The molecule has 630 valence electrons. The zero-order valence-electron chi connectivity index (χ0n) is 64.5. The number of benzene rings is 5. The zero-order valence-corrected chi connectivity index (χ0v) is 65.3. The number of thioether (sulfide) groups is 1. The molecule has 38 heteroatoms. The summed E-state index contributed by atoms with van der Waals surface area (Å²) in [6.07, 6.45) is 4.04. The van der Waals surface area contributed by atoms with E-state index in [2.05, 4.69) is 58.0 Å². The molecule has 0 radical (unpaired) electrons. The minimum Gasteiger partial charge on any atom is -0.481 e. The molecule has 1 fully saturated rings. The van der Waals surface area contributed by atoms with Crippen LogP contribution >= 0.6 is 11.8 Å². The number of likely N-dealkylation sites (tertiary alicyclic amines) is 1. The number of aromatic amines is 2. The van der Waals surface area contributed by atoms with E-state index in [1.807, 2.05) is 71.3 Å². The Bertz CT molecular complexity index is 4860. The third-order valence-corrected chi connectivity index (χ3v) is 20.4. The van der Waals surface area contributed by atoms with Gasteiger partial charge in [-0.05, 0) is 70.8 Å². The number of nitrogens with one attached hydrogen (secondary N) is 13. The number of imide groups is 1. The minimum atomic E-state index is -1.74. The summed E-state index contributed by atoms with van der Waals surface area (Å²) in [6, 6.07) is 27.4. The average molecular weight is 1660 g/mol. The second kappa shape index (κ2) is 45.3. The average Bonchev–Trinajstić information content (AvgIpc) is 1.64. The van der Waals surface area contributed by atoms with Gasteiger partial charge in [-0.3, -0.25) is 67.9 Å². The van der Waals surface area contributed by atoms with Gasteiger partial charge in [-0.15, -0.1) is 11.8 Å². The molecule has 0 spiro atoms. The van der Waals surface area contributed by atoms with E-state index in [1.54, 1.807) is 96.2 Å². The lowest BCUT2D eigenvalue weighted by Crippen LogP contribution is -2.57. The predicted octanol–water partition coefficient (Wildman–Crippen LogP) is 1.30. The molecule has 1 saturated heterocycles. The molecular weight excluding hydrogens is 1570 g/mol. The van der Waals surface area contributed by atoms with Crippen LogP contribution in [0.5, 0.6) is 0 Å². The highest BCUT2D eigenvalue weighted by Crippen LogP contribution is 2.30. The maximum absolute atomic E-state index is 14.8. The summed E-state index contributed by atoms with van der Waals surface area (Å²) in [4.78, 5) is 218. The largest absolute Gasteiger partial charge is 0.481 e. The highest BCUT2D eigenvalue weighted by Gasteiger charge is 2.40. The van der Waals surface area contributed by atoms with E-state index < -0.39 is 169 Å². The fraction of sp³-hybridized carbons (Fsp3) is 0.358. The Labute approximate surface area is 685 Å². The number of rotatable bonds is 47. The third kappa shape index (κ3) is 28.0. The quantitative estimate of drug-likeness (QED) is 0.0145. The number of nitrogens with zero attached hydrogens (tertiary/aromatic N) is 2. The SMILES string of the molecule is O=C(O)CC[C@H](NC(=O)N[C@@H](CCC(=O)NNC(Cc1ccccc1)C(=O)NCC(=O)NC(Cc1c[nH]c2ccccc12)C(=O)NC(Cc1c[nH]c2ccccc12)C(=O)NCC(=O)NC(CSC1CC(=O)N(CCC(=O)NCCOCCOCCC(=O)NCCC(=O)N2Cc3ccccc3/C=C\c3ccccc32)C1=O)C(=O)O)C(=O)O)C(=O)O. The fourth-order valence-electron chi connectivity index (χ4n) is 12.9. The number of hydrogen-bond acceptors (Lipinski definition) is 20. The molecule has 9 rings (SSSR count). The lowest BCUT2D eigenvalue weighted by molar-refractivity contribution is -0.141. The lowest BCUT2D eigenvalue weighted by atomic mass is 10.0. The summed E-state index contributed by atoms with van der Waals surface area (Å²) in [5.74, 6) is -14.1. The summed E-state index contributed by atoms with van der Waals surface area (Å²) >= 11 is 0.788. The topological polar surface area (TPSA) is 543 Å². The van der Waals surface area contributed by atoms with Gasteiger partial charge in [0.25, 0.3) is 0 Å². The van der Waals surface area contributed by atoms with Crippen molar-refractivity contribution in [1.29, 1.82) is 0 Å². The number of aliphatic carboxylic acids is 4. The second-order valence-electron chi connectivity index (χ2n) is 27.7. The van der Waals surface area contributed by atoms with Crippen molar-refractivity contribution in [3.05, 3.63) is 173 Å². The lowest BCUT2D eigenvalue weighted by Gasteiger charge is -2.27. The Morgan fingerprint density at radius 3 is 1.66 bits per heavy atom. The number of fused-ring (bicyclic) bond motifs is 4. The molecule has 5 aromatic carbocycles. The Morgan fingerprint density at radius 1 is 0.479 bits per heavy atom. The van der Waals surface area contributed by atoms with Gasteiger partial charge in [0.05, 0.1) is 57.0 Å². The molecule has 7 aromatic rings. The number of carboxylic acid groups (broad SMARTS) is 4. The van der Waals surface area contributed by atoms with Crippen LogP contribution in [0, 0.1) is 0 Å². The number of carboxylic acids is 4. The molecule has 0 saturated carbocycles. The van der Waals surface area contributed by atoms with Crippen molar-refractivity contribution in [2.24, 2.45) is 0 Å². The number of ether oxygens (including phenoxy) is 2. The Kier molecular flexibility index (Phi) is 34.1. The first-order valence-electron chi connectivity index (χ1n) is 38.2. The van der Waals surface area contributed by atoms with Crippen LogP contribution in [0.25, 0.3) is 34.0 Å². The van der Waals surface area contributed by atoms with Gasteiger partial charge in [0.15, 0.2) is 0 Å². The molecule has 5 unspecified atom stereocenters. The first-order valence-corrected chi connectivity index (χ1v) is 39.2. The standard InChI is InChI=1S/C81H93N15O22S/c97-66(83-32-35-118-37-36-117-34-30-67(98)82-31-28-71(102)96-46-51-16-5-4-14-49(51)22-23-50-15-6-11-21-64(50)96)29-33-95-72(103)41-65(77(95)109)119-47-63(80(114)115)89-70(101)45-86-74(106)60(39-52-42-84-56-19-9-7-17-54(52)56)90-76(108)61(40-53-43-85-57-20-10-8-18-55(53)57)88-69(100)44-87-75(107)62(38-48-12-2-1-3-13-48)93-94-68(99)26-24-58(78(110)111)91-81(116)92-59(79(112)113)25-27-73(104)105/h1-23,42-43,58-63,65,84-85,93H,24-41,44-47H2,(H,82,98)(H,83,97)(H,86,106)(H,87,107)(H,88,100)(H,89,101)(H,90,108)(H,94,99)(H,104,105)(H,110,111)(H,112,113)(H,114,115)(H2,91,92,116)/b23-22-/t58-,59-,60?,61?,62?,63?,65?/m0/s1. The van der Waals surface area contributed by atoms with Crippen molar-refractivity contribution in [2.45, 2.75) is 119 Å². The van der Waals surface area contributed by atoms with Crippen molar-refractivity contribution >= 4 is 146 Å². The van der Waals surface area contributed by atoms with Gasteiger partial charge in [0.2, 0.25) is 65.0 Å². The summed E-state index contributed by atoms with van der Waals surface area (Å²) in [5.41, 5.74) is 11.6. The van der Waals surface area contributed by atoms with Crippen molar-refractivity contribution in [3.63, 3.8) is 0 Å². The highest BCUT2D eigenvalue weighted by molar-refractivity contribution is 8.00. The summed E-state index contributed by atoms with van der Waals surface area (Å²) in [6.45, 7) is -0.779. The Balaban J connectivity index is 0.715. The summed E-state index contributed by atoms with van der Waals surface area (Å²) in [7, 11) is 0. The van der Waals surface area contributed by atoms with E-state index in [4.69, 9.17) is 14.6 Å². The number of urea groups is 1. The molecule has 0 aliphatic carbocycles. The Morgan fingerprint density at radius 2 is 1.02 bits per heavy atom. The van der Waals surface area contributed by atoms with E-state index in [9.17, 15) is 92.0 Å². The number of para-hydroxylation sites is 3. The van der Waals surface area contributed by atoms with Crippen LogP contribution in [0.15, 0.2) is 140 Å². The van der Waals surface area contributed by atoms with Crippen LogP contribution in [0.3, 0.4) is 0 Å². The smallest absolute Gasteiger partial charge is 0.327 e. The van der Waals surface area contributed by atoms with Gasteiger partial charge >= 0.3 is 29.9 Å². The maximum Gasteiger partial charge on any atom is 0.327 e. The zero-order chi connectivity index (χ0) is 85.3. The normalized spacial score (nSPS) is 14.7. The number of hydrazine groups is 1. The molecule has 17 N–H and O–H groups in total. The highest BCUT2D eigenvalue weighted by atomic mass is 32.2. The van der Waals surface area contributed by atoms with E-state index >= 15 is 0 Å². The van der Waals surface area contributed by atoms with E-state index in [0.29, 0.717) is 45.0 Å². The summed E-state index contributed by atoms with van der Waals surface area (Å²) in [5, 5.41) is 60.7. The molecule has 13 amide bonds. The first-order chi connectivity index (χ1) is 57.3. The molecule has 37 nitrogen and oxygen atoms in total. The number of H-pyrrole nitrogens is 2. The van der Waals surface area contributed by atoms with Crippen LogP contribution in [0.4, 0.5) is 10.5 Å². The van der Waals surface area contributed by atoms with Crippen LogP contribution in [-0.2, 0) is 107 Å². The fourth-order valence-corrected chi connectivity index (χ4v) is 14.1. The second-order valence-corrected chi connectivity index (χ2v) is 28.9. The van der Waals surface area contributed by atoms with Crippen molar-refractivity contribution in [3.8, 4) is 0 Å². The molecule has 7 atom stereocenters. The third-order valence-electron chi connectivity index (χ3n) is 19.1. The van der Waals surface area contributed by atoms with Gasteiger partial charge in [-0.1, -0.05) is 121 Å². The van der Waals surface area contributed by atoms with Crippen molar-refractivity contribution in [2.75, 3.05) is 69.8 Å². The van der Waals surface area contributed by atoms with Gasteiger partial charge in [-0.25, -0.2) is 24.6 Å². The number of anilines is 1. The summed E-state index contributed by atoms with van der Waals surface area (Å²) < 4.78 is 11.1. The van der Waals surface area contributed by atoms with Crippen molar-refractivity contribution in [1.82, 2.24) is 73.6 Å². The van der Waals surface area contributed by atoms with E-state index in [-0.39, 0.29) is 103 Å². The number of carbonyl (C=O) groups excluding carboxylic acids is 12. The number of amides is 13. The molecule has 4 heterocycles. The number of carbonyl (C=O) groups is 16. The minimum absolute atomic E-state index is 0.0512. The molecule has 2 aromatic heterocycles. The van der Waals surface area contributed by atoms with Gasteiger partial charge in [-0.2, -0.15) is 0 Å². The number of aromatic nitrogens is 2. The van der Waals surface area contributed by atoms with Gasteiger partial charge in [0, 0.05) is 111 Å². The Hall–Kier alpha value is -13.3. The van der Waals surface area contributed by atoms with Gasteiger partial charge < -0.3 is 92.6 Å². The number of hydrogen-bond donors (Lipinski definition) is 17. The molecule has 119 heavy (non-hydrogen) atoms. The molecule has 2 aliphatic heterocycles. The van der Waals surface area contributed by atoms with E-state index in [0.717, 1.165) is 39.0 Å². The molecule has 2 aliphatic rings. The van der Waals surface area contributed by atoms with Crippen LogP contribution in [-0.4, -0.2) is 237 Å². The van der Waals surface area contributed by atoms with Crippen LogP contribution in [0.1, 0.15) is 84.7 Å². The maximum atomic E-state index is 14.8. The molecule has 0 bridgehead atoms.